The molecule has 0 amide bonds. The average Bonchev–Trinajstić information content (AvgIpc) is 2.76. The van der Waals surface area contributed by atoms with E-state index in [1.807, 2.05) is 17.8 Å². The lowest BCUT2D eigenvalue weighted by atomic mass is 10.4. The highest BCUT2D eigenvalue weighted by molar-refractivity contribution is 5.11. The maximum Gasteiger partial charge on any atom is 0.111 e. The van der Waals surface area contributed by atoms with Gasteiger partial charge in [-0.15, -0.1) is 0 Å². The van der Waals surface area contributed by atoms with E-state index in [-0.39, 0.29) is 6.61 Å². The fraction of sp³-hybridized carbons (Fsp3) is 0.625. The quantitative estimate of drug-likeness (QED) is 0.680. The molecule has 1 N–H and O–H groups in total. The third kappa shape index (κ3) is 1.16. The first-order valence-corrected chi connectivity index (χ1v) is 3.94. The van der Waals surface area contributed by atoms with E-state index in [1.54, 1.807) is 0 Å². The third-order valence-electron chi connectivity index (χ3n) is 2.07. The summed E-state index contributed by atoms with van der Waals surface area (Å²) in [5.74, 6) is 1.80. The molecule has 3 nitrogen and oxygen atoms in total. The molecule has 0 unspecified atom stereocenters. The van der Waals surface area contributed by atoms with Crippen LogP contribution in [0.2, 0.25) is 0 Å². The molecule has 1 fully saturated rings. The van der Waals surface area contributed by atoms with Gasteiger partial charge in [0.1, 0.15) is 5.82 Å². The molecule has 1 aliphatic rings. The highest BCUT2D eigenvalue weighted by Crippen LogP contribution is 2.38. The fourth-order valence-corrected chi connectivity index (χ4v) is 1.34. The Hall–Kier alpha value is -0.830. The third-order valence-corrected chi connectivity index (χ3v) is 2.07. The minimum atomic E-state index is 0.0561. The molecule has 11 heavy (non-hydrogen) atoms. The maximum absolute atomic E-state index is 8.80. The molecule has 0 bridgehead atoms. The Morgan fingerprint density at radius 2 is 2.45 bits per heavy atom. The molecule has 1 saturated carbocycles. The van der Waals surface area contributed by atoms with E-state index < -0.39 is 0 Å². The van der Waals surface area contributed by atoms with Crippen LogP contribution >= 0.6 is 0 Å². The molecule has 0 aliphatic heterocycles. The predicted molar refractivity (Wildman–Crippen MR) is 41.1 cm³/mol. The predicted octanol–water partition coefficient (Wildman–Crippen LogP) is 0.790. The van der Waals surface area contributed by atoms with Crippen molar-refractivity contribution in [3.63, 3.8) is 0 Å². The van der Waals surface area contributed by atoms with Crippen molar-refractivity contribution in [3.8, 4) is 0 Å². The number of aliphatic hydroxyl groups excluding tert-OH is 1. The average molecular weight is 152 g/mol. The minimum absolute atomic E-state index is 0.0561. The Morgan fingerprint density at radius 1 is 1.73 bits per heavy atom. The van der Waals surface area contributed by atoms with Crippen LogP contribution in [0.5, 0.6) is 0 Å². The van der Waals surface area contributed by atoms with Gasteiger partial charge in [-0.2, -0.15) is 0 Å². The SMILES string of the molecule is Cn1cc(CO)nc1C1CC1. The van der Waals surface area contributed by atoms with Crippen molar-refractivity contribution in [3.05, 3.63) is 17.7 Å². The van der Waals surface area contributed by atoms with Crippen molar-refractivity contribution in [2.24, 2.45) is 7.05 Å². The zero-order chi connectivity index (χ0) is 7.84. The van der Waals surface area contributed by atoms with Crippen LogP contribution in [0, 0.1) is 0 Å². The molecule has 0 radical (unpaired) electrons. The molecule has 3 heteroatoms. The molecule has 0 spiro atoms. The van der Waals surface area contributed by atoms with Crippen LogP contribution in [0.15, 0.2) is 6.20 Å². The Balaban J connectivity index is 2.30. The summed E-state index contributed by atoms with van der Waals surface area (Å²) in [7, 11) is 1.99. The summed E-state index contributed by atoms with van der Waals surface area (Å²) < 4.78 is 2.02. The number of hydrogen-bond acceptors (Lipinski definition) is 2. The second-order valence-corrected chi connectivity index (χ2v) is 3.13. The lowest BCUT2D eigenvalue weighted by molar-refractivity contribution is 0.277. The van der Waals surface area contributed by atoms with Gasteiger partial charge in [0, 0.05) is 19.2 Å². The van der Waals surface area contributed by atoms with Gasteiger partial charge in [-0.3, -0.25) is 0 Å². The van der Waals surface area contributed by atoms with Crippen molar-refractivity contribution < 1.29 is 5.11 Å². The normalized spacial score (nSPS) is 17.3. The Kier molecular flexibility index (Phi) is 1.46. The molecular weight excluding hydrogens is 140 g/mol. The van der Waals surface area contributed by atoms with Crippen molar-refractivity contribution >= 4 is 0 Å². The standard InChI is InChI=1S/C8H12N2O/c1-10-4-7(5-11)9-8(10)6-2-3-6/h4,6,11H,2-3,5H2,1H3. The van der Waals surface area contributed by atoms with Crippen LogP contribution in [0.3, 0.4) is 0 Å². The number of aliphatic hydroxyl groups is 1. The lowest BCUT2D eigenvalue weighted by Crippen LogP contribution is -1.93. The number of aryl methyl sites for hydroxylation is 1. The summed E-state index contributed by atoms with van der Waals surface area (Å²) in [6, 6.07) is 0. The van der Waals surface area contributed by atoms with Crippen molar-refractivity contribution in [2.45, 2.75) is 25.4 Å². The smallest absolute Gasteiger partial charge is 0.111 e. The van der Waals surface area contributed by atoms with Crippen LogP contribution in [0.4, 0.5) is 0 Å². The Labute approximate surface area is 65.7 Å². The number of nitrogens with zero attached hydrogens (tertiary/aromatic N) is 2. The van der Waals surface area contributed by atoms with E-state index in [2.05, 4.69) is 4.98 Å². The first kappa shape index (κ1) is 6.85. The lowest BCUT2D eigenvalue weighted by Gasteiger charge is -1.94. The first-order valence-electron chi connectivity index (χ1n) is 3.94. The Bertz CT molecular complexity index is 263. The number of rotatable bonds is 2. The van der Waals surface area contributed by atoms with Gasteiger partial charge in [-0.25, -0.2) is 4.98 Å². The van der Waals surface area contributed by atoms with Crippen LogP contribution in [0.1, 0.15) is 30.3 Å². The Morgan fingerprint density at radius 3 is 2.91 bits per heavy atom. The number of aromatic nitrogens is 2. The zero-order valence-corrected chi connectivity index (χ0v) is 6.62. The second kappa shape index (κ2) is 2.34. The van der Waals surface area contributed by atoms with Crippen LogP contribution in [-0.2, 0) is 13.7 Å². The highest BCUT2D eigenvalue weighted by atomic mass is 16.3. The van der Waals surface area contributed by atoms with Gasteiger partial charge in [0.25, 0.3) is 0 Å². The van der Waals surface area contributed by atoms with E-state index in [1.165, 1.54) is 12.8 Å². The van der Waals surface area contributed by atoms with Gasteiger partial charge in [0.2, 0.25) is 0 Å². The monoisotopic (exact) mass is 152 g/mol. The summed E-state index contributed by atoms with van der Waals surface area (Å²) in [6.45, 7) is 0.0561. The topological polar surface area (TPSA) is 38.0 Å². The van der Waals surface area contributed by atoms with Crippen molar-refractivity contribution in [1.29, 1.82) is 0 Å². The molecule has 1 aliphatic carbocycles. The summed E-state index contributed by atoms with van der Waals surface area (Å²) in [5, 5.41) is 8.80. The summed E-state index contributed by atoms with van der Waals surface area (Å²) in [4.78, 5) is 4.30. The molecule has 0 aromatic carbocycles. The molecule has 0 saturated heterocycles. The first-order chi connectivity index (χ1) is 5.31. The summed E-state index contributed by atoms with van der Waals surface area (Å²) >= 11 is 0. The zero-order valence-electron chi connectivity index (χ0n) is 6.62. The van der Waals surface area contributed by atoms with Gasteiger partial charge in [0.05, 0.1) is 12.3 Å². The van der Waals surface area contributed by atoms with E-state index in [0.717, 1.165) is 11.5 Å². The van der Waals surface area contributed by atoms with Gasteiger partial charge in [0.15, 0.2) is 0 Å². The molecule has 0 atom stereocenters. The largest absolute Gasteiger partial charge is 0.390 e. The van der Waals surface area contributed by atoms with E-state index in [9.17, 15) is 0 Å². The molecule has 1 aromatic heterocycles. The summed E-state index contributed by atoms with van der Waals surface area (Å²) in [5.41, 5.74) is 0.786. The van der Waals surface area contributed by atoms with Gasteiger partial charge in [-0.05, 0) is 12.8 Å². The fourth-order valence-electron chi connectivity index (χ4n) is 1.34. The van der Waals surface area contributed by atoms with E-state index in [0.29, 0.717) is 5.92 Å². The maximum atomic E-state index is 8.80. The minimum Gasteiger partial charge on any atom is -0.390 e. The van der Waals surface area contributed by atoms with Crippen LogP contribution in [0.25, 0.3) is 0 Å². The van der Waals surface area contributed by atoms with Crippen LogP contribution in [-0.4, -0.2) is 14.7 Å². The van der Waals surface area contributed by atoms with E-state index in [4.69, 9.17) is 5.11 Å². The molecule has 1 heterocycles. The molecule has 1 aromatic rings. The van der Waals surface area contributed by atoms with Crippen molar-refractivity contribution in [2.75, 3.05) is 0 Å². The molecular formula is C8H12N2O. The van der Waals surface area contributed by atoms with Gasteiger partial charge in [-0.1, -0.05) is 0 Å². The van der Waals surface area contributed by atoms with Crippen LogP contribution < -0.4 is 0 Å². The highest BCUT2D eigenvalue weighted by Gasteiger charge is 2.27. The number of imidazole rings is 1. The van der Waals surface area contributed by atoms with Gasteiger partial charge < -0.3 is 9.67 Å². The number of hydrogen-bond donors (Lipinski definition) is 1. The molecule has 2 rings (SSSR count). The van der Waals surface area contributed by atoms with E-state index >= 15 is 0 Å². The van der Waals surface area contributed by atoms with Gasteiger partial charge >= 0.3 is 0 Å². The second-order valence-electron chi connectivity index (χ2n) is 3.13. The molecule has 60 valence electrons. The summed E-state index contributed by atoms with van der Waals surface area (Å²) in [6.07, 6.45) is 4.42. The van der Waals surface area contributed by atoms with Crippen molar-refractivity contribution in [1.82, 2.24) is 9.55 Å².